The van der Waals surface area contributed by atoms with Crippen LogP contribution < -0.4 is 9.46 Å². The number of sulfonamides is 1. The van der Waals surface area contributed by atoms with E-state index >= 15 is 0 Å². The molecule has 8 nitrogen and oxygen atoms in total. The van der Waals surface area contributed by atoms with Crippen molar-refractivity contribution in [3.63, 3.8) is 0 Å². The lowest BCUT2D eigenvalue weighted by Crippen LogP contribution is -2.26. The monoisotopic (exact) mass is 245 g/mol. The fourth-order valence-corrected chi connectivity index (χ4v) is 2.05. The normalized spacial score (nSPS) is 12.8. The Hall–Kier alpha value is -1.82. The van der Waals surface area contributed by atoms with Crippen LogP contribution in [0.3, 0.4) is 0 Å². The third kappa shape index (κ3) is 2.60. The lowest BCUT2D eigenvalue weighted by molar-refractivity contribution is 0.382. The highest BCUT2D eigenvalue weighted by molar-refractivity contribution is 7.93. The highest BCUT2D eigenvalue weighted by Crippen LogP contribution is 2.11. The smallest absolute Gasteiger partial charge is 0.336 e. The second kappa shape index (κ2) is 4.80. The summed E-state index contributed by atoms with van der Waals surface area (Å²) in [5.74, 6) is -0.0782. The Morgan fingerprint density at radius 3 is 2.81 bits per heavy atom. The van der Waals surface area contributed by atoms with Gasteiger partial charge in [0.15, 0.2) is 5.25 Å². The quantitative estimate of drug-likeness (QED) is 0.744. The van der Waals surface area contributed by atoms with Gasteiger partial charge in [0, 0.05) is 0 Å². The van der Waals surface area contributed by atoms with Gasteiger partial charge < -0.3 is 4.74 Å². The largest absolute Gasteiger partial charge is 0.466 e. The van der Waals surface area contributed by atoms with Crippen LogP contribution in [0.1, 0.15) is 13.3 Å². The zero-order valence-electron chi connectivity index (χ0n) is 8.76. The summed E-state index contributed by atoms with van der Waals surface area (Å²) in [7, 11) is -2.42. The predicted molar refractivity (Wildman–Crippen MR) is 55.2 cm³/mol. The van der Waals surface area contributed by atoms with Gasteiger partial charge >= 0.3 is 6.01 Å². The summed E-state index contributed by atoms with van der Waals surface area (Å²) in [4.78, 5) is 3.68. The van der Waals surface area contributed by atoms with Crippen molar-refractivity contribution in [1.29, 1.82) is 5.26 Å². The molecule has 0 aliphatic heterocycles. The van der Waals surface area contributed by atoms with Crippen LogP contribution in [0.4, 0.5) is 5.95 Å². The van der Waals surface area contributed by atoms with Gasteiger partial charge in [0.05, 0.1) is 13.2 Å². The third-order valence-electron chi connectivity index (χ3n) is 1.78. The van der Waals surface area contributed by atoms with E-state index in [-0.39, 0.29) is 18.4 Å². The van der Waals surface area contributed by atoms with E-state index in [1.54, 1.807) is 13.0 Å². The molecule has 1 rings (SSSR count). The molecule has 0 aromatic carbocycles. The Kier molecular flexibility index (Phi) is 3.68. The van der Waals surface area contributed by atoms with E-state index in [0.29, 0.717) is 0 Å². The van der Waals surface area contributed by atoms with Crippen molar-refractivity contribution in [2.45, 2.75) is 18.6 Å². The fraction of sp³-hybridized carbons (Fsp3) is 0.571. The zero-order valence-corrected chi connectivity index (χ0v) is 9.58. The number of H-pyrrole nitrogens is 1. The lowest BCUT2D eigenvalue weighted by Gasteiger charge is -2.07. The minimum absolute atomic E-state index is 0.0164. The van der Waals surface area contributed by atoms with E-state index < -0.39 is 15.3 Å². The van der Waals surface area contributed by atoms with Crippen LogP contribution in [0.25, 0.3) is 0 Å². The molecular formula is C7H11N5O3S. The van der Waals surface area contributed by atoms with Gasteiger partial charge in [-0.3, -0.25) is 4.72 Å². The summed E-state index contributed by atoms with van der Waals surface area (Å²) in [6, 6.07) is 1.71. The molecule has 1 unspecified atom stereocenters. The molecule has 0 saturated carbocycles. The molecule has 9 heteroatoms. The first-order valence-corrected chi connectivity index (χ1v) is 5.95. The number of nitrogens with one attached hydrogen (secondary N) is 2. The SMILES string of the molecule is CCC(C#N)S(=O)(=O)Nc1nc(OC)n[nH]1. The molecule has 0 amide bonds. The first-order valence-electron chi connectivity index (χ1n) is 4.41. The molecule has 1 aromatic rings. The highest BCUT2D eigenvalue weighted by atomic mass is 32.2. The molecule has 16 heavy (non-hydrogen) atoms. The Morgan fingerprint density at radius 2 is 2.38 bits per heavy atom. The Morgan fingerprint density at radius 1 is 1.69 bits per heavy atom. The van der Waals surface area contributed by atoms with E-state index in [0.717, 1.165) is 0 Å². The average molecular weight is 245 g/mol. The van der Waals surface area contributed by atoms with Gasteiger partial charge in [0.25, 0.3) is 10.0 Å². The summed E-state index contributed by atoms with van der Waals surface area (Å²) in [5.41, 5.74) is 0. The Balaban J connectivity index is 2.85. The maximum absolute atomic E-state index is 11.6. The van der Waals surface area contributed by atoms with Crippen LogP contribution in [-0.2, 0) is 10.0 Å². The van der Waals surface area contributed by atoms with E-state index in [1.165, 1.54) is 7.11 Å². The van der Waals surface area contributed by atoms with Gasteiger partial charge in [-0.05, 0) is 6.42 Å². The number of nitrogens with zero attached hydrogens (tertiary/aromatic N) is 3. The van der Waals surface area contributed by atoms with Crippen LogP contribution in [0.15, 0.2) is 0 Å². The van der Waals surface area contributed by atoms with E-state index in [1.807, 2.05) is 0 Å². The number of hydrogen-bond donors (Lipinski definition) is 2. The maximum atomic E-state index is 11.6. The number of anilines is 1. The Labute approximate surface area is 92.7 Å². The summed E-state index contributed by atoms with van der Waals surface area (Å²) in [6.45, 7) is 1.61. The van der Waals surface area contributed by atoms with Crippen molar-refractivity contribution in [1.82, 2.24) is 15.2 Å². The first-order chi connectivity index (χ1) is 7.53. The average Bonchev–Trinajstić information content (AvgIpc) is 2.66. The third-order valence-corrected chi connectivity index (χ3v) is 3.44. The van der Waals surface area contributed by atoms with Crippen LogP contribution >= 0.6 is 0 Å². The summed E-state index contributed by atoms with van der Waals surface area (Å²) < 4.78 is 30.0. The molecule has 0 bridgehead atoms. The second-order valence-electron chi connectivity index (χ2n) is 2.84. The molecule has 1 atom stereocenters. The number of nitriles is 1. The van der Waals surface area contributed by atoms with Gasteiger partial charge in [0.2, 0.25) is 5.95 Å². The standard InChI is InChI=1S/C7H11N5O3S/c1-3-5(4-8)16(13,14)12-6-9-7(15-2)11-10-6/h5H,3H2,1-2H3,(H2,9,10,11,12). The minimum Gasteiger partial charge on any atom is -0.466 e. The number of hydrogen-bond acceptors (Lipinski definition) is 6. The first kappa shape index (κ1) is 12.3. The molecule has 0 radical (unpaired) electrons. The Bertz CT molecular complexity index is 488. The van der Waals surface area contributed by atoms with Crippen molar-refractivity contribution in [2.24, 2.45) is 0 Å². The maximum Gasteiger partial charge on any atom is 0.336 e. The molecule has 0 spiro atoms. The number of methoxy groups -OCH3 is 1. The van der Waals surface area contributed by atoms with E-state index in [9.17, 15) is 8.42 Å². The fourth-order valence-electron chi connectivity index (χ4n) is 0.969. The number of aromatic amines is 1. The van der Waals surface area contributed by atoms with Gasteiger partial charge in [-0.2, -0.15) is 10.2 Å². The summed E-state index contributed by atoms with van der Waals surface area (Å²) >= 11 is 0. The zero-order chi connectivity index (χ0) is 12.2. The van der Waals surface area contributed by atoms with Crippen molar-refractivity contribution in [3.8, 4) is 12.1 Å². The van der Waals surface area contributed by atoms with Crippen molar-refractivity contribution in [2.75, 3.05) is 11.8 Å². The topological polar surface area (TPSA) is 121 Å². The van der Waals surface area contributed by atoms with E-state index in [2.05, 4.69) is 24.6 Å². The van der Waals surface area contributed by atoms with E-state index in [4.69, 9.17) is 5.26 Å². The van der Waals surface area contributed by atoms with Gasteiger partial charge in [-0.1, -0.05) is 6.92 Å². The van der Waals surface area contributed by atoms with Crippen LogP contribution in [-0.4, -0.2) is 36.0 Å². The molecule has 0 saturated heterocycles. The molecule has 0 fully saturated rings. The molecule has 1 heterocycles. The van der Waals surface area contributed by atoms with Crippen LogP contribution in [0, 0.1) is 11.3 Å². The molecule has 0 aliphatic rings. The number of rotatable bonds is 5. The van der Waals surface area contributed by atoms with Crippen molar-refractivity contribution in [3.05, 3.63) is 0 Å². The molecule has 2 N–H and O–H groups in total. The predicted octanol–water partition coefficient (Wildman–Crippen LogP) is -0.143. The molecule has 1 aromatic heterocycles. The van der Waals surface area contributed by atoms with Crippen molar-refractivity contribution >= 4 is 16.0 Å². The highest BCUT2D eigenvalue weighted by Gasteiger charge is 2.24. The van der Waals surface area contributed by atoms with Crippen molar-refractivity contribution < 1.29 is 13.2 Å². The minimum atomic E-state index is -3.77. The number of aromatic nitrogens is 3. The molecular weight excluding hydrogens is 234 g/mol. The lowest BCUT2D eigenvalue weighted by atomic mass is 10.4. The second-order valence-corrected chi connectivity index (χ2v) is 4.71. The number of ether oxygens (including phenoxy) is 1. The van der Waals surface area contributed by atoms with Crippen LogP contribution in [0.5, 0.6) is 6.01 Å². The van der Waals surface area contributed by atoms with Crippen LogP contribution in [0.2, 0.25) is 0 Å². The summed E-state index contributed by atoms with van der Waals surface area (Å²) in [5, 5.41) is 13.4. The molecule has 88 valence electrons. The van der Waals surface area contributed by atoms with Gasteiger partial charge in [-0.15, -0.1) is 5.10 Å². The summed E-state index contributed by atoms with van der Waals surface area (Å²) in [6.07, 6.45) is 0.192. The van der Waals surface area contributed by atoms with Gasteiger partial charge in [0.1, 0.15) is 0 Å². The molecule has 0 aliphatic carbocycles. The van der Waals surface area contributed by atoms with Gasteiger partial charge in [-0.25, -0.2) is 13.5 Å².